The first-order chi connectivity index (χ1) is 17.4. The Bertz CT molecular complexity index is 1420. The van der Waals surface area contributed by atoms with Crippen molar-refractivity contribution >= 4 is 45.8 Å². The first-order valence-corrected chi connectivity index (χ1v) is 12.8. The van der Waals surface area contributed by atoms with Crippen molar-refractivity contribution in [3.63, 3.8) is 0 Å². The van der Waals surface area contributed by atoms with Crippen molar-refractivity contribution in [1.29, 1.82) is 0 Å². The summed E-state index contributed by atoms with van der Waals surface area (Å²) in [7, 11) is 0. The Morgan fingerprint density at radius 1 is 1.00 bits per heavy atom. The number of para-hydroxylation sites is 1. The fraction of sp³-hybridized carbons (Fsp3) is 0.250. The lowest BCUT2D eigenvalue weighted by molar-refractivity contribution is 0.180. The van der Waals surface area contributed by atoms with Crippen LogP contribution < -0.4 is 10.9 Å². The van der Waals surface area contributed by atoms with Crippen LogP contribution >= 0.6 is 23.2 Å². The van der Waals surface area contributed by atoms with Gasteiger partial charge in [0.15, 0.2) is 0 Å². The van der Waals surface area contributed by atoms with Crippen LogP contribution in [0.3, 0.4) is 0 Å². The van der Waals surface area contributed by atoms with Crippen molar-refractivity contribution < 1.29 is 4.79 Å². The van der Waals surface area contributed by atoms with E-state index >= 15 is 0 Å². The van der Waals surface area contributed by atoms with E-state index in [-0.39, 0.29) is 11.6 Å². The zero-order chi connectivity index (χ0) is 25.7. The number of anilines is 1. The maximum atomic E-state index is 13.7. The minimum absolute atomic E-state index is 0.193. The summed E-state index contributed by atoms with van der Waals surface area (Å²) in [5.74, 6) is 0.501. The van der Waals surface area contributed by atoms with Crippen molar-refractivity contribution in [1.82, 2.24) is 14.5 Å². The van der Waals surface area contributed by atoms with Gasteiger partial charge in [0.05, 0.1) is 22.6 Å². The van der Waals surface area contributed by atoms with Gasteiger partial charge < -0.3 is 10.2 Å². The van der Waals surface area contributed by atoms with E-state index in [2.05, 4.69) is 12.2 Å². The molecule has 0 saturated carbocycles. The van der Waals surface area contributed by atoms with Crippen LogP contribution in [0, 0.1) is 0 Å². The average molecular weight is 523 g/mol. The van der Waals surface area contributed by atoms with Gasteiger partial charge in [-0.15, -0.1) is 0 Å². The van der Waals surface area contributed by atoms with Gasteiger partial charge in [0.25, 0.3) is 5.56 Å². The van der Waals surface area contributed by atoms with E-state index in [4.69, 9.17) is 28.2 Å². The van der Waals surface area contributed by atoms with E-state index in [1.54, 1.807) is 64.1 Å². The topological polar surface area (TPSA) is 67.2 Å². The Morgan fingerprint density at radius 3 is 2.44 bits per heavy atom. The molecule has 1 heterocycles. The number of hydrogen-bond donors (Lipinski definition) is 1. The Labute approximate surface area is 220 Å². The summed E-state index contributed by atoms with van der Waals surface area (Å²) in [5, 5.41) is 4.58. The second kappa shape index (κ2) is 11.6. The van der Waals surface area contributed by atoms with Crippen molar-refractivity contribution in [2.75, 3.05) is 11.9 Å². The maximum absolute atomic E-state index is 13.7. The number of benzene rings is 3. The molecular formula is C28H28Cl2N4O2. The molecule has 0 radical (unpaired) electrons. The molecule has 186 valence electrons. The number of nitrogens with one attached hydrogen (secondary N) is 1. The van der Waals surface area contributed by atoms with E-state index < -0.39 is 6.04 Å². The van der Waals surface area contributed by atoms with Crippen molar-refractivity contribution in [3.05, 3.63) is 99.0 Å². The van der Waals surface area contributed by atoms with E-state index in [1.807, 2.05) is 25.1 Å². The molecule has 0 aliphatic rings. The summed E-state index contributed by atoms with van der Waals surface area (Å²) in [4.78, 5) is 34.0. The third-order valence-corrected chi connectivity index (χ3v) is 6.52. The molecule has 0 bridgehead atoms. The predicted molar refractivity (Wildman–Crippen MR) is 147 cm³/mol. The van der Waals surface area contributed by atoms with E-state index in [0.717, 1.165) is 12.8 Å². The molecule has 0 saturated heterocycles. The SMILES string of the molecule is CCCCN(C(=O)Nc1cccc(Cl)c1)C(CC)c1nc2ccccc2c(=O)n1-c1ccc(Cl)cc1. The molecule has 1 unspecified atom stereocenters. The number of fused-ring (bicyclic) bond motifs is 1. The Hall–Kier alpha value is -3.35. The van der Waals surface area contributed by atoms with Gasteiger partial charge in [0.2, 0.25) is 0 Å². The zero-order valence-corrected chi connectivity index (χ0v) is 21.8. The fourth-order valence-corrected chi connectivity index (χ4v) is 4.56. The molecule has 4 aromatic rings. The van der Waals surface area contributed by atoms with Gasteiger partial charge in [-0.25, -0.2) is 9.78 Å². The fourth-order valence-electron chi connectivity index (χ4n) is 4.24. The van der Waals surface area contributed by atoms with Crippen molar-refractivity contribution in [3.8, 4) is 5.69 Å². The molecule has 0 fully saturated rings. The normalized spacial score (nSPS) is 11.9. The highest BCUT2D eigenvalue weighted by Crippen LogP contribution is 2.28. The number of hydrogen-bond acceptors (Lipinski definition) is 3. The van der Waals surface area contributed by atoms with Crippen LogP contribution in [0.5, 0.6) is 0 Å². The van der Waals surface area contributed by atoms with Gasteiger partial charge in [-0.1, -0.05) is 61.7 Å². The highest BCUT2D eigenvalue weighted by atomic mass is 35.5. The van der Waals surface area contributed by atoms with Crippen LogP contribution in [-0.2, 0) is 0 Å². The van der Waals surface area contributed by atoms with Crippen LogP contribution in [-0.4, -0.2) is 27.0 Å². The first kappa shape index (κ1) is 25.7. The summed E-state index contributed by atoms with van der Waals surface area (Å²) < 4.78 is 1.60. The summed E-state index contributed by atoms with van der Waals surface area (Å²) in [6.07, 6.45) is 2.27. The van der Waals surface area contributed by atoms with Crippen LogP contribution in [0.15, 0.2) is 77.6 Å². The molecule has 6 nitrogen and oxygen atoms in total. The Morgan fingerprint density at radius 2 is 1.75 bits per heavy atom. The second-order valence-electron chi connectivity index (χ2n) is 8.52. The van der Waals surface area contributed by atoms with E-state index in [0.29, 0.717) is 51.1 Å². The lowest BCUT2D eigenvalue weighted by atomic mass is 10.1. The molecule has 8 heteroatoms. The molecule has 1 N–H and O–H groups in total. The molecular weight excluding hydrogens is 495 g/mol. The number of urea groups is 1. The van der Waals surface area contributed by atoms with Gasteiger partial charge in [0, 0.05) is 22.3 Å². The van der Waals surface area contributed by atoms with Crippen LogP contribution in [0.2, 0.25) is 10.0 Å². The number of nitrogens with zero attached hydrogens (tertiary/aromatic N) is 3. The number of carbonyl (C=O) groups excluding carboxylic acids is 1. The largest absolute Gasteiger partial charge is 0.322 e. The number of carbonyl (C=O) groups is 1. The molecule has 2 amide bonds. The number of aromatic nitrogens is 2. The number of halogens is 2. The first-order valence-electron chi connectivity index (χ1n) is 12.0. The maximum Gasteiger partial charge on any atom is 0.322 e. The third kappa shape index (κ3) is 5.55. The zero-order valence-electron chi connectivity index (χ0n) is 20.2. The van der Waals surface area contributed by atoms with Crippen LogP contribution in [0.4, 0.5) is 10.5 Å². The average Bonchev–Trinajstić information content (AvgIpc) is 2.87. The minimum Gasteiger partial charge on any atom is -0.314 e. The van der Waals surface area contributed by atoms with Gasteiger partial charge in [-0.2, -0.15) is 0 Å². The number of rotatable bonds is 8. The van der Waals surface area contributed by atoms with Crippen molar-refractivity contribution in [2.24, 2.45) is 0 Å². The monoisotopic (exact) mass is 522 g/mol. The van der Waals surface area contributed by atoms with Crippen LogP contribution in [0.25, 0.3) is 16.6 Å². The second-order valence-corrected chi connectivity index (χ2v) is 9.39. The summed E-state index contributed by atoms with van der Waals surface area (Å²) >= 11 is 12.3. The van der Waals surface area contributed by atoms with E-state index in [9.17, 15) is 9.59 Å². The molecule has 36 heavy (non-hydrogen) atoms. The summed E-state index contributed by atoms with van der Waals surface area (Å²) in [6.45, 7) is 4.57. The van der Waals surface area contributed by atoms with Crippen molar-refractivity contribution in [2.45, 2.75) is 39.2 Å². The smallest absolute Gasteiger partial charge is 0.314 e. The summed E-state index contributed by atoms with van der Waals surface area (Å²) in [5.41, 5.74) is 1.64. The standard InChI is InChI=1S/C28H28Cl2N4O2/c1-3-5-17-33(28(36)31-21-10-8-9-20(30)18-21)25(4-2)26-32-24-12-7-6-11-23(24)27(35)34(26)22-15-13-19(29)14-16-22/h6-16,18,25H,3-5,17H2,1-2H3,(H,31,36). The van der Waals surface area contributed by atoms with Gasteiger partial charge in [0.1, 0.15) is 5.82 Å². The lowest BCUT2D eigenvalue weighted by Gasteiger charge is -2.32. The Balaban J connectivity index is 1.86. The molecule has 0 spiro atoms. The highest BCUT2D eigenvalue weighted by molar-refractivity contribution is 6.31. The number of unbranched alkanes of at least 4 members (excludes halogenated alkanes) is 1. The van der Waals surface area contributed by atoms with Gasteiger partial charge in [-0.05, 0) is 67.4 Å². The molecule has 0 aliphatic heterocycles. The van der Waals surface area contributed by atoms with E-state index in [1.165, 1.54) is 0 Å². The molecule has 4 rings (SSSR count). The van der Waals surface area contributed by atoms with Gasteiger partial charge in [-0.3, -0.25) is 9.36 Å². The number of amides is 2. The third-order valence-electron chi connectivity index (χ3n) is 6.04. The summed E-state index contributed by atoms with van der Waals surface area (Å²) in [6, 6.07) is 20.6. The Kier molecular flexibility index (Phi) is 8.28. The predicted octanol–water partition coefficient (Wildman–Crippen LogP) is 7.48. The lowest BCUT2D eigenvalue weighted by Crippen LogP contribution is -2.41. The van der Waals surface area contributed by atoms with Gasteiger partial charge >= 0.3 is 6.03 Å². The highest BCUT2D eigenvalue weighted by Gasteiger charge is 2.29. The minimum atomic E-state index is -0.455. The molecule has 3 aromatic carbocycles. The van der Waals surface area contributed by atoms with Crippen LogP contribution in [0.1, 0.15) is 45.0 Å². The molecule has 0 aliphatic carbocycles. The molecule has 1 atom stereocenters. The molecule has 1 aromatic heterocycles. The quantitative estimate of drug-likeness (QED) is 0.260.